The van der Waals surface area contributed by atoms with E-state index in [0.29, 0.717) is 5.56 Å². The summed E-state index contributed by atoms with van der Waals surface area (Å²) in [7, 11) is 0. The lowest BCUT2D eigenvalue weighted by Crippen LogP contribution is -2.43. The predicted molar refractivity (Wildman–Crippen MR) is 131 cm³/mol. The highest BCUT2D eigenvalue weighted by Gasteiger charge is 2.39. The molecule has 0 saturated heterocycles. The zero-order chi connectivity index (χ0) is 28.4. The first kappa shape index (κ1) is 27.8. The summed E-state index contributed by atoms with van der Waals surface area (Å²) >= 11 is 0. The summed E-state index contributed by atoms with van der Waals surface area (Å²) in [4.78, 5) is 35.9. The van der Waals surface area contributed by atoms with Gasteiger partial charge in [0.2, 0.25) is 5.91 Å². The molecule has 0 aliphatic rings. The molecule has 4 rings (SSSR count). The molecule has 12 heteroatoms. The smallest absolute Gasteiger partial charge is 0.328 e. The van der Waals surface area contributed by atoms with Gasteiger partial charge in [0.05, 0.1) is 28.9 Å². The van der Waals surface area contributed by atoms with Crippen molar-refractivity contribution in [1.82, 2.24) is 19.4 Å². The molecule has 0 spiro atoms. The van der Waals surface area contributed by atoms with Crippen LogP contribution in [0.15, 0.2) is 77.9 Å². The van der Waals surface area contributed by atoms with E-state index in [1.807, 2.05) is 0 Å². The van der Waals surface area contributed by atoms with Gasteiger partial charge >= 0.3 is 12.2 Å². The largest absolute Gasteiger partial charge is 0.416 e. The van der Waals surface area contributed by atoms with Crippen LogP contribution in [0, 0.1) is 0 Å². The van der Waals surface area contributed by atoms with Crippen LogP contribution in [0.2, 0.25) is 0 Å². The molecule has 2 aromatic carbocycles. The number of aromatic nitrogens is 3. The van der Waals surface area contributed by atoms with E-state index in [9.17, 15) is 35.9 Å². The molecule has 0 aliphatic heterocycles. The van der Waals surface area contributed by atoms with Gasteiger partial charge in [-0.25, -0.2) is 13.9 Å². The molecule has 0 unspecified atom stereocenters. The molecule has 39 heavy (non-hydrogen) atoms. The highest BCUT2D eigenvalue weighted by Crippen LogP contribution is 2.31. The van der Waals surface area contributed by atoms with Gasteiger partial charge in [0.25, 0.3) is 5.56 Å². The van der Waals surface area contributed by atoms with Crippen LogP contribution in [0.3, 0.4) is 0 Å². The maximum Gasteiger partial charge on any atom is 0.416 e. The van der Waals surface area contributed by atoms with Crippen molar-refractivity contribution < 1.29 is 31.1 Å². The summed E-state index contributed by atoms with van der Waals surface area (Å²) in [5.74, 6) is -1.20. The van der Waals surface area contributed by atoms with Gasteiger partial charge in [-0.3, -0.25) is 14.6 Å². The Hall–Kier alpha value is -4.22. The van der Waals surface area contributed by atoms with Crippen LogP contribution in [0.1, 0.15) is 35.5 Å². The van der Waals surface area contributed by atoms with Crippen LogP contribution in [0.5, 0.6) is 0 Å². The zero-order valence-corrected chi connectivity index (χ0v) is 20.5. The number of benzene rings is 2. The fourth-order valence-corrected chi connectivity index (χ4v) is 4.16. The van der Waals surface area contributed by atoms with E-state index in [-0.39, 0.29) is 34.0 Å². The number of amides is 1. The van der Waals surface area contributed by atoms with Crippen LogP contribution in [-0.2, 0) is 30.0 Å². The van der Waals surface area contributed by atoms with Crippen molar-refractivity contribution in [1.29, 1.82) is 0 Å². The minimum Gasteiger partial charge on any atom is -0.328 e. The molecular weight excluding hydrogens is 526 g/mol. The van der Waals surface area contributed by atoms with Crippen molar-refractivity contribution in [2.75, 3.05) is 6.67 Å². The maximum atomic E-state index is 14.8. The van der Waals surface area contributed by atoms with Gasteiger partial charge in [-0.2, -0.15) is 22.0 Å². The first-order chi connectivity index (χ1) is 18.4. The predicted octanol–water partition coefficient (Wildman–Crippen LogP) is 5.66. The molecule has 0 bridgehead atoms. The Bertz CT molecular complexity index is 1520. The Labute approximate surface area is 218 Å². The van der Waals surface area contributed by atoms with Gasteiger partial charge in [0.1, 0.15) is 5.82 Å². The number of fused-ring (bicyclic) bond motifs is 1. The van der Waals surface area contributed by atoms with Crippen molar-refractivity contribution in [2.24, 2.45) is 0 Å². The third-order valence-corrected chi connectivity index (χ3v) is 6.16. The lowest BCUT2D eigenvalue weighted by molar-refractivity contribution is -0.137. The molecule has 6 nitrogen and oxygen atoms in total. The molecule has 0 radical (unpaired) electrons. The third-order valence-electron chi connectivity index (χ3n) is 6.16. The van der Waals surface area contributed by atoms with Crippen molar-refractivity contribution in [3.05, 3.63) is 106 Å². The minimum absolute atomic E-state index is 0.0400. The molecule has 1 atom stereocenters. The standard InChI is InChI=1S/C27H22F6N4O2/c1-17(24-35-22-7-3-2-6-21(22)25(39)37(24)26(29,30)16-28)36(15-19-5-4-12-34-14-19)23(38)13-18-8-10-20(11-9-18)27(31,32)33/h2-12,14,17H,13,15-16H2,1H3/t17-/m1/s1. The van der Waals surface area contributed by atoms with Gasteiger partial charge in [0.15, 0.2) is 6.67 Å². The first-order valence-corrected chi connectivity index (χ1v) is 11.7. The monoisotopic (exact) mass is 548 g/mol. The highest BCUT2D eigenvalue weighted by molar-refractivity contribution is 5.80. The molecule has 4 aromatic rings. The average molecular weight is 548 g/mol. The topological polar surface area (TPSA) is 68.1 Å². The van der Waals surface area contributed by atoms with E-state index in [1.165, 1.54) is 37.5 Å². The summed E-state index contributed by atoms with van der Waals surface area (Å²) in [6.45, 7) is -0.977. The number of alkyl halides is 6. The van der Waals surface area contributed by atoms with Gasteiger partial charge in [-0.1, -0.05) is 30.3 Å². The zero-order valence-electron chi connectivity index (χ0n) is 20.5. The number of para-hydroxylation sites is 1. The molecule has 0 saturated carbocycles. The fraction of sp³-hybridized carbons (Fsp3) is 0.259. The van der Waals surface area contributed by atoms with Crippen LogP contribution >= 0.6 is 0 Å². The molecule has 1 amide bonds. The van der Waals surface area contributed by atoms with Crippen LogP contribution in [0.25, 0.3) is 10.9 Å². The molecule has 0 fully saturated rings. The van der Waals surface area contributed by atoms with E-state index < -0.39 is 47.8 Å². The number of halogens is 6. The summed E-state index contributed by atoms with van der Waals surface area (Å²) < 4.78 is 81.9. The Morgan fingerprint density at radius 3 is 2.28 bits per heavy atom. The minimum atomic E-state index is -4.56. The quantitative estimate of drug-likeness (QED) is 0.267. The van der Waals surface area contributed by atoms with E-state index >= 15 is 0 Å². The van der Waals surface area contributed by atoms with Gasteiger partial charge in [0, 0.05) is 18.9 Å². The van der Waals surface area contributed by atoms with Crippen molar-refractivity contribution in [3.63, 3.8) is 0 Å². The van der Waals surface area contributed by atoms with Crippen molar-refractivity contribution in [2.45, 2.75) is 38.2 Å². The number of pyridine rings is 1. The summed E-state index contributed by atoms with van der Waals surface area (Å²) in [6.07, 6.45) is -2.00. The number of carbonyl (C=O) groups excluding carboxylic acids is 1. The molecule has 2 heterocycles. The molecular formula is C27H22F6N4O2. The number of rotatable bonds is 8. The second kappa shape index (κ2) is 10.9. The molecule has 2 aromatic heterocycles. The van der Waals surface area contributed by atoms with Crippen LogP contribution < -0.4 is 5.56 Å². The van der Waals surface area contributed by atoms with Crippen molar-refractivity contribution >= 4 is 16.8 Å². The second-order valence-corrected chi connectivity index (χ2v) is 8.86. The Kier molecular flexibility index (Phi) is 7.75. The number of nitrogens with zero attached hydrogens (tertiary/aromatic N) is 4. The van der Waals surface area contributed by atoms with Gasteiger partial charge in [-0.15, -0.1) is 0 Å². The third kappa shape index (κ3) is 5.94. The average Bonchev–Trinajstić information content (AvgIpc) is 2.91. The lowest BCUT2D eigenvalue weighted by Gasteiger charge is -2.32. The van der Waals surface area contributed by atoms with Gasteiger partial charge < -0.3 is 4.90 Å². The molecule has 204 valence electrons. The lowest BCUT2D eigenvalue weighted by atomic mass is 10.1. The molecule has 0 aliphatic carbocycles. The number of carbonyl (C=O) groups is 1. The van der Waals surface area contributed by atoms with Gasteiger partial charge in [-0.05, 0) is 48.4 Å². The summed E-state index contributed by atoms with van der Waals surface area (Å²) in [6, 6.07) is 7.38. The maximum absolute atomic E-state index is 14.8. The number of hydrogen-bond donors (Lipinski definition) is 0. The van der Waals surface area contributed by atoms with E-state index in [4.69, 9.17) is 0 Å². The Balaban J connectivity index is 1.79. The first-order valence-electron chi connectivity index (χ1n) is 11.7. The molecule has 0 N–H and O–H groups in total. The van der Waals surface area contributed by atoms with Crippen LogP contribution in [0.4, 0.5) is 26.3 Å². The van der Waals surface area contributed by atoms with Crippen LogP contribution in [-0.4, -0.2) is 32.0 Å². The van der Waals surface area contributed by atoms with Crippen molar-refractivity contribution in [3.8, 4) is 0 Å². The Morgan fingerprint density at radius 2 is 1.67 bits per heavy atom. The highest BCUT2D eigenvalue weighted by atomic mass is 19.4. The van der Waals surface area contributed by atoms with E-state index in [0.717, 1.165) is 29.2 Å². The SMILES string of the molecule is C[C@H](c1nc2ccccc2c(=O)n1C(F)(F)CF)N(Cc1cccnc1)C(=O)Cc1ccc(C(F)(F)F)cc1. The van der Waals surface area contributed by atoms with E-state index in [2.05, 4.69) is 9.97 Å². The second-order valence-electron chi connectivity index (χ2n) is 8.86. The summed E-state index contributed by atoms with van der Waals surface area (Å²) in [5.41, 5.74) is -1.24. The summed E-state index contributed by atoms with van der Waals surface area (Å²) in [5, 5.41) is -0.156. The Morgan fingerprint density at radius 1 is 0.974 bits per heavy atom. The van der Waals surface area contributed by atoms with E-state index in [1.54, 1.807) is 18.2 Å². The number of hydrogen-bond acceptors (Lipinski definition) is 4. The fourth-order valence-electron chi connectivity index (χ4n) is 4.16. The normalized spacial score (nSPS) is 12.9.